The van der Waals surface area contributed by atoms with Crippen LogP contribution in [0.25, 0.3) is 131 Å². The quantitative estimate of drug-likeness (QED) is 0.142. The lowest BCUT2D eigenvalue weighted by Crippen LogP contribution is -2.11. The second-order valence-electron chi connectivity index (χ2n) is 21.5. The van der Waals surface area contributed by atoms with Crippen molar-refractivity contribution >= 4 is 143 Å². The van der Waals surface area contributed by atoms with Gasteiger partial charge in [0, 0.05) is 55.4 Å². The molecule has 0 spiro atoms. The Morgan fingerprint density at radius 1 is 0.220 bits per heavy atom. The van der Waals surface area contributed by atoms with Crippen LogP contribution in [0, 0.1) is 0 Å². The molecule has 2 aromatic heterocycles. The first-order valence-corrected chi connectivity index (χ1v) is 28.1. The third kappa shape index (κ3) is 7.18. The van der Waals surface area contributed by atoms with Crippen molar-refractivity contribution in [1.29, 1.82) is 0 Å². The maximum absolute atomic E-state index is 7.14. The van der Waals surface area contributed by atoms with Gasteiger partial charge in [-0.2, -0.15) is 0 Å². The van der Waals surface area contributed by atoms with Crippen LogP contribution in [0.4, 0.5) is 34.1 Å². The molecule has 82 heavy (non-hydrogen) atoms. The van der Waals surface area contributed by atoms with Crippen molar-refractivity contribution in [3.8, 4) is 22.3 Å². The number of rotatable bonds is 8. The lowest BCUT2D eigenvalue weighted by atomic mass is 9.93. The van der Waals surface area contributed by atoms with Gasteiger partial charge in [-0.3, -0.25) is 0 Å². The van der Waals surface area contributed by atoms with Crippen molar-refractivity contribution in [2.75, 3.05) is 9.80 Å². The fraction of sp³-hybridized carbons (Fsp3) is 0. The van der Waals surface area contributed by atoms with Crippen LogP contribution in [0.15, 0.2) is 300 Å². The number of anilines is 6. The Morgan fingerprint density at radius 2 is 0.695 bits per heavy atom. The first-order chi connectivity index (χ1) is 40.7. The van der Waals surface area contributed by atoms with Gasteiger partial charge in [0.1, 0.15) is 16.7 Å². The molecule has 0 unspecified atom stereocenters. The number of furan rings is 2. The summed E-state index contributed by atoms with van der Waals surface area (Å²) >= 11 is 0. The van der Waals surface area contributed by atoms with Crippen LogP contribution in [-0.2, 0) is 0 Å². The average molecular weight is 1050 g/mol. The molecule has 0 amide bonds. The summed E-state index contributed by atoms with van der Waals surface area (Å²) in [5.41, 5.74) is 14.2. The van der Waals surface area contributed by atoms with Crippen molar-refractivity contribution < 1.29 is 8.83 Å². The second-order valence-corrected chi connectivity index (χ2v) is 21.5. The van der Waals surface area contributed by atoms with E-state index >= 15 is 0 Å². The molecule has 0 saturated heterocycles. The van der Waals surface area contributed by atoms with Gasteiger partial charge in [0.15, 0.2) is 5.58 Å². The van der Waals surface area contributed by atoms with Crippen LogP contribution in [0.2, 0.25) is 0 Å². The van der Waals surface area contributed by atoms with E-state index in [1.165, 1.54) is 43.3 Å². The molecular weight excluding hydrogens is 997 g/mol. The monoisotopic (exact) mass is 1040 g/mol. The molecule has 0 N–H and O–H groups in total. The first kappa shape index (κ1) is 46.0. The van der Waals surface area contributed by atoms with Crippen LogP contribution in [0.5, 0.6) is 0 Å². The molecule has 15 aromatic carbocycles. The minimum Gasteiger partial charge on any atom is -0.456 e. The molecular formula is C78H48N2O2. The summed E-state index contributed by atoms with van der Waals surface area (Å²) in [4.78, 5) is 4.80. The first-order valence-electron chi connectivity index (χ1n) is 28.1. The maximum atomic E-state index is 7.14. The molecule has 0 aliphatic carbocycles. The highest BCUT2D eigenvalue weighted by Gasteiger charge is 2.26. The van der Waals surface area contributed by atoms with Gasteiger partial charge in [0.2, 0.25) is 0 Å². The lowest BCUT2D eigenvalue weighted by Gasteiger charge is -2.28. The standard InChI is InChI=1S/C78H48N2O2/c1-3-17-49(18-4-1)50-31-37-58(38-32-50)79(69-48-73-76(65-30-16-15-29-64(65)69)74-61-26-12-9-19-51(61)35-43-71(74)81-73)59-39-33-53(34-40-59)60-41-42-68(67-46-55-22-8-7-21-54(55)45-66(60)67)80(57-24-5-2-6-25-57)70-47-56-23-11-14-28-63(56)77-75-62-27-13-10-20-52(62)36-44-72(75)82-78(70)77/h1-48H. The van der Waals surface area contributed by atoms with Crippen LogP contribution < -0.4 is 9.80 Å². The van der Waals surface area contributed by atoms with E-state index in [1.807, 2.05) is 0 Å². The summed E-state index contributed by atoms with van der Waals surface area (Å²) in [7, 11) is 0. The molecule has 4 heteroatoms. The molecule has 0 atom stereocenters. The summed E-state index contributed by atoms with van der Waals surface area (Å²) in [6, 6.07) is 105. The SMILES string of the molecule is c1ccc(-c2ccc(N(c3ccc(-c4ccc(N(c5ccccc5)c5cc6ccccc6c6c5oc5ccc7ccccc7c56)c5cc6ccccc6cc45)cc3)c3cc4oc5ccc6ccccc6c5c4c4ccccc34)cc2)cc1. The molecule has 0 bridgehead atoms. The molecule has 0 fully saturated rings. The summed E-state index contributed by atoms with van der Waals surface area (Å²) in [6.45, 7) is 0. The van der Waals surface area contributed by atoms with Gasteiger partial charge in [-0.1, -0.05) is 212 Å². The fourth-order valence-electron chi connectivity index (χ4n) is 13.2. The highest BCUT2D eigenvalue weighted by atomic mass is 16.3. The van der Waals surface area contributed by atoms with E-state index in [1.54, 1.807) is 0 Å². The number of benzene rings is 15. The molecule has 4 nitrogen and oxygen atoms in total. The average Bonchev–Trinajstić information content (AvgIpc) is 4.33. The number of fused-ring (bicyclic) bond motifs is 16. The number of hydrogen-bond donors (Lipinski definition) is 0. The summed E-state index contributed by atoms with van der Waals surface area (Å²) in [6.07, 6.45) is 0. The summed E-state index contributed by atoms with van der Waals surface area (Å²) in [5, 5.41) is 18.5. The van der Waals surface area contributed by atoms with E-state index < -0.39 is 0 Å². The van der Waals surface area contributed by atoms with Crippen LogP contribution in [-0.4, -0.2) is 0 Å². The topological polar surface area (TPSA) is 32.8 Å². The van der Waals surface area contributed by atoms with Gasteiger partial charge in [-0.15, -0.1) is 0 Å². The minimum atomic E-state index is 0.850. The van der Waals surface area contributed by atoms with E-state index in [-0.39, 0.29) is 0 Å². The molecule has 0 aliphatic rings. The number of para-hydroxylation sites is 1. The third-order valence-electron chi connectivity index (χ3n) is 16.9. The Balaban J connectivity index is 0.864. The number of nitrogens with zero attached hydrogens (tertiary/aromatic N) is 2. The predicted octanol–water partition coefficient (Wildman–Crippen LogP) is 22.7. The molecule has 2 heterocycles. The molecule has 0 aliphatic heterocycles. The highest BCUT2D eigenvalue weighted by molar-refractivity contribution is 6.30. The lowest BCUT2D eigenvalue weighted by molar-refractivity contribution is 0.669. The van der Waals surface area contributed by atoms with Gasteiger partial charge in [-0.05, 0) is 149 Å². The predicted molar refractivity (Wildman–Crippen MR) is 346 cm³/mol. The van der Waals surface area contributed by atoms with Gasteiger partial charge in [0.05, 0.1) is 17.1 Å². The molecule has 17 rings (SSSR count). The van der Waals surface area contributed by atoms with E-state index in [9.17, 15) is 0 Å². The number of hydrogen-bond acceptors (Lipinski definition) is 4. The Hall–Kier alpha value is -10.9. The normalized spacial score (nSPS) is 11.9. The Morgan fingerprint density at radius 3 is 1.35 bits per heavy atom. The van der Waals surface area contributed by atoms with Crippen molar-refractivity contribution in [3.63, 3.8) is 0 Å². The Kier molecular flexibility index (Phi) is 10.3. The van der Waals surface area contributed by atoms with Crippen molar-refractivity contribution in [3.05, 3.63) is 291 Å². The van der Waals surface area contributed by atoms with E-state index in [4.69, 9.17) is 8.83 Å². The highest BCUT2D eigenvalue weighted by Crippen LogP contribution is 2.51. The van der Waals surface area contributed by atoms with Crippen molar-refractivity contribution in [1.82, 2.24) is 0 Å². The zero-order valence-corrected chi connectivity index (χ0v) is 44.4. The largest absolute Gasteiger partial charge is 0.456 e. The van der Waals surface area contributed by atoms with E-state index in [2.05, 4.69) is 301 Å². The van der Waals surface area contributed by atoms with Crippen LogP contribution >= 0.6 is 0 Å². The van der Waals surface area contributed by atoms with Gasteiger partial charge >= 0.3 is 0 Å². The van der Waals surface area contributed by atoms with E-state index in [0.29, 0.717) is 0 Å². The minimum absolute atomic E-state index is 0.850. The molecule has 0 saturated carbocycles. The maximum Gasteiger partial charge on any atom is 0.160 e. The smallest absolute Gasteiger partial charge is 0.160 e. The fourth-order valence-corrected chi connectivity index (χ4v) is 13.2. The van der Waals surface area contributed by atoms with Crippen LogP contribution in [0.3, 0.4) is 0 Å². The third-order valence-corrected chi connectivity index (χ3v) is 16.9. The van der Waals surface area contributed by atoms with Gasteiger partial charge in [0.25, 0.3) is 0 Å². The zero-order valence-electron chi connectivity index (χ0n) is 44.4. The van der Waals surface area contributed by atoms with Gasteiger partial charge < -0.3 is 18.6 Å². The molecule has 382 valence electrons. The summed E-state index contributed by atoms with van der Waals surface area (Å²) < 4.78 is 14.0. The Labute approximate surface area is 472 Å². The summed E-state index contributed by atoms with van der Waals surface area (Å²) in [5.74, 6) is 0. The van der Waals surface area contributed by atoms with Crippen molar-refractivity contribution in [2.24, 2.45) is 0 Å². The molecule has 17 aromatic rings. The molecule has 0 radical (unpaired) electrons. The second kappa shape index (κ2) is 18.3. The van der Waals surface area contributed by atoms with Gasteiger partial charge in [-0.25, -0.2) is 0 Å². The van der Waals surface area contributed by atoms with Crippen LogP contribution in [0.1, 0.15) is 0 Å². The zero-order chi connectivity index (χ0) is 53.8. The van der Waals surface area contributed by atoms with E-state index in [0.717, 1.165) is 122 Å². The Bertz CT molecular complexity index is 5390. The van der Waals surface area contributed by atoms with Crippen molar-refractivity contribution in [2.45, 2.75) is 0 Å².